The van der Waals surface area contributed by atoms with Crippen LogP contribution in [0.4, 0.5) is 5.69 Å². The van der Waals surface area contributed by atoms with Crippen LogP contribution < -0.4 is 14.4 Å². The number of hydrogen-bond acceptors (Lipinski definition) is 7. The summed E-state index contributed by atoms with van der Waals surface area (Å²) in [6.07, 6.45) is 0. The number of amides is 1. The van der Waals surface area contributed by atoms with Gasteiger partial charge in [-0.15, -0.1) is 10.2 Å². The normalized spacial score (nSPS) is 11.7. The number of aromatic nitrogens is 2. The summed E-state index contributed by atoms with van der Waals surface area (Å²) < 4.78 is 16.3. The standard InChI is InChI=1S/C20H21N3O4S/c1-13(19(24)23(2)14-8-6-5-7-9-14)28-20-22-21-18(27-20)16-11-10-15(25-3)12-17(16)26-4/h5-13H,1-4H3. The smallest absolute Gasteiger partial charge is 0.277 e. The molecule has 8 heteroatoms. The molecule has 2 aromatic carbocycles. The molecule has 7 nitrogen and oxygen atoms in total. The predicted octanol–water partition coefficient (Wildman–Crippen LogP) is 3.90. The first-order valence-corrected chi connectivity index (χ1v) is 9.46. The summed E-state index contributed by atoms with van der Waals surface area (Å²) in [5.74, 6) is 1.49. The minimum atomic E-state index is -0.392. The van der Waals surface area contributed by atoms with Crippen molar-refractivity contribution in [3.8, 4) is 23.0 Å². The maximum atomic E-state index is 12.7. The summed E-state index contributed by atoms with van der Waals surface area (Å²) in [5, 5.41) is 8.06. The monoisotopic (exact) mass is 399 g/mol. The number of ether oxygens (including phenoxy) is 2. The Kier molecular flexibility index (Phi) is 6.20. The van der Waals surface area contributed by atoms with E-state index >= 15 is 0 Å². The lowest BCUT2D eigenvalue weighted by atomic mass is 10.2. The first kappa shape index (κ1) is 19.8. The van der Waals surface area contributed by atoms with E-state index in [2.05, 4.69) is 10.2 Å². The third-order valence-electron chi connectivity index (χ3n) is 4.14. The van der Waals surface area contributed by atoms with Gasteiger partial charge in [-0.05, 0) is 31.2 Å². The van der Waals surface area contributed by atoms with Gasteiger partial charge in [-0.2, -0.15) is 0 Å². The highest BCUT2D eigenvalue weighted by Gasteiger charge is 2.23. The lowest BCUT2D eigenvalue weighted by molar-refractivity contribution is -0.117. The van der Waals surface area contributed by atoms with Crippen LogP contribution in [0.3, 0.4) is 0 Å². The maximum absolute atomic E-state index is 12.7. The number of thioether (sulfide) groups is 1. The Morgan fingerprint density at radius 3 is 2.54 bits per heavy atom. The van der Waals surface area contributed by atoms with Crippen LogP contribution in [0.15, 0.2) is 58.2 Å². The van der Waals surface area contributed by atoms with Crippen molar-refractivity contribution >= 4 is 23.4 Å². The van der Waals surface area contributed by atoms with Gasteiger partial charge in [0.15, 0.2) is 0 Å². The Bertz CT molecular complexity index is 946. The number of carbonyl (C=O) groups is 1. The summed E-state index contributed by atoms with van der Waals surface area (Å²) >= 11 is 1.21. The van der Waals surface area contributed by atoms with E-state index < -0.39 is 5.25 Å². The molecule has 0 spiro atoms. The van der Waals surface area contributed by atoms with Gasteiger partial charge in [0.05, 0.1) is 25.0 Å². The van der Waals surface area contributed by atoms with Crippen LogP contribution in [-0.2, 0) is 4.79 Å². The molecule has 0 saturated carbocycles. The minimum absolute atomic E-state index is 0.0574. The van der Waals surface area contributed by atoms with E-state index in [4.69, 9.17) is 13.9 Å². The lowest BCUT2D eigenvalue weighted by Gasteiger charge is -2.20. The van der Waals surface area contributed by atoms with E-state index in [1.165, 1.54) is 11.8 Å². The van der Waals surface area contributed by atoms with Crippen molar-refractivity contribution in [3.05, 3.63) is 48.5 Å². The Labute approximate surface area is 167 Å². The third-order valence-corrected chi connectivity index (χ3v) is 5.07. The van der Waals surface area contributed by atoms with E-state index in [9.17, 15) is 4.79 Å². The average Bonchev–Trinajstić information content (AvgIpc) is 3.20. The van der Waals surface area contributed by atoms with E-state index in [-0.39, 0.29) is 5.91 Å². The zero-order valence-electron chi connectivity index (χ0n) is 16.1. The topological polar surface area (TPSA) is 77.7 Å². The Hall–Kier alpha value is -3.00. The van der Waals surface area contributed by atoms with Gasteiger partial charge in [0.2, 0.25) is 5.91 Å². The summed E-state index contributed by atoms with van der Waals surface area (Å²) in [6.45, 7) is 1.81. The second kappa shape index (κ2) is 8.79. The van der Waals surface area contributed by atoms with Gasteiger partial charge < -0.3 is 18.8 Å². The fraction of sp³-hybridized carbons (Fsp3) is 0.250. The van der Waals surface area contributed by atoms with Crippen LogP contribution in [0.2, 0.25) is 0 Å². The summed E-state index contributed by atoms with van der Waals surface area (Å²) in [4.78, 5) is 14.3. The zero-order valence-corrected chi connectivity index (χ0v) is 16.9. The SMILES string of the molecule is COc1ccc(-c2nnc(SC(C)C(=O)N(C)c3ccccc3)o2)c(OC)c1. The number of benzene rings is 2. The molecular formula is C20H21N3O4S. The van der Waals surface area contributed by atoms with Crippen LogP contribution in [0, 0.1) is 0 Å². The predicted molar refractivity (Wildman–Crippen MR) is 108 cm³/mol. The number of hydrogen-bond donors (Lipinski definition) is 0. The van der Waals surface area contributed by atoms with Crippen molar-refractivity contribution < 1.29 is 18.7 Å². The lowest BCUT2D eigenvalue weighted by Crippen LogP contribution is -2.33. The van der Waals surface area contributed by atoms with Gasteiger partial charge in [0.1, 0.15) is 11.5 Å². The second-order valence-electron chi connectivity index (χ2n) is 5.93. The molecule has 1 unspecified atom stereocenters. The Balaban J connectivity index is 1.73. The highest BCUT2D eigenvalue weighted by atomic mass is 32.2. The second-order valence-corrected chi connectivity index (χ2v) is 7.22. The largest absolute Gasteiger partial charge is 0.497 e. The van der Waals surface area contributed by atoms with Crippen molar-refractivity contribution in [2.75, 3.05) is 26.2 Å². The van der Waals surface area contributed by atoms with E-state index in [1.807, 2.05) is 37.3 Å². The average molecular weight is 399 g/mol. The summed E-state index contributed by atoms with van der Waals surface area (Å²) in [7, 11) is 4.89. The van der Waals surface area contributed by atoms with Crippen LogP contribution in [0.25, 0.3) is 11.5 Å². The molecule has 146 valence electrons. The van der Waals surface area contributed by atoms with E-state index in [0.717, 1.165) is 5.69 Å². The molecule has 0 aliphatic rings. The van der Waals surface area contributed by atoms with E-state index in [1.54, 1.807) is 44.4 Å². The Morgan fingerprint density at radius 2 is 1.86 bits per heavy atom. The highest BCUT2D eigenvalue weighted by molar-refractivity contribution is 8.00. The van der Waals surface area contributed by atoms with Gasteiger partial charge in [0, 0.05) is 18.8 Å². The molecule has 1 heterocycles. The van der Waals surface area contributed by atoms with E-state index in [0.29, 0.717) is 28.2 Å². The molecule has 1 atom stereocenters. The van der Waals surface area contributed by atoms with Gasteiger partial charge >= 0.3 is 0 Å². The van der Waals surface area contributed by atoms with Crippen LogP contribution in [-0.4, -0.2) is 42.6 Å². The molecule has 0 N–H and O–H groups in total. The third kappa shape index (κ3) is 4.28. The molecule has 0 bridgehead atoms. The first-order valence-electron chi connectivity index (χ1n) is 8.58. The number of anilines is 1. The molecule has 3 aromatic rings. The quantitative estimate of drug-likeness (QED) is 0.558. The molecule has 0 fully saturated rings. The maximum Gasteiger partial charge on any atom is 0.277 e. The molecule has 0 radical (unpaired) electrons. The van der Waals surface area contributed by atoms with Gasteiger partial charge in [0.25, 0.3) is 11.1 Å². The zero-order chi connectivity index (χ0) is 20.1. The van der Waals surface area contributed by atoms with Crippen molar-refractivity contribution in [2.45, 2.75) is 17.4 Å². The highest BCUT2D eigenvalue weighted by Crippen LogP contribution is 2.34. The molecule has 0 saturated heterocycles. The molecular weight excluding hydrogens is 378 g/mol. The van der Waals surface area contributed by atoms with Crippen molar-refractivity contribution in [3.63, 3.8) is 0 Å². The van der Waals surface area contributed by atoms with Crippen LogP contribution in [0.1, 0.15) is 6.92 Å². The molecule has 0 aliphatic heterocycles. The number of carbonyl (C=O) groups excluding carboxylic acids is 1. The molecule has 28 heavy (non-hydrogen) atoms. The first-order chi connectivity index (χ1) is 13.5. The van der Waals surface area contributed by atoms with Crippen molar-refractivity contribution in [1.29, 1.82) is 0 Å². The summed E-state index contributed by atoms with van der Waals surface area (Å²) in [6, 6.07) is 14.8. The number of nitrogens with zero attached hydrogens (tertiary/aromatic N) is 3. The molecule has 1 aromatic heterocycles. The number of rotatable bonds is 7. The number of methoxy groups -OCH3 is 2. The molecule has 0 aliphatic carbocycles. The van der Waals surface area contributed by atoms with Crippen molar-refractivity contribution in [2.24, 2.45) is 0 Å². The van der Waals surface area contributed by atoms with Gasteiger partial charge in [-0.1, -0.05) is 30.0 Å². The number of para-hydroxylation sites is 1. The molecule has 3 rings (SSSR count). The van der Waals surface area contributed by atoms with Gasteiger partial charge in [-0.3, -0.25) is 4.79 Å². The fourth-order valence-electron chi connectivity index (χ4n) is 2.59. The van der Waals surface area contributed by atoms with Gasteiger partial charge in [-0.25, -0.2) is 0 Å². The fourth-order valence-corrected chi connectivity index (χ4v) is 3.37. The van der Waals surface area contributed by atoms with Crippen LogP contribution in [0.5, 0.6) is 11.5 Å². The Morgan fingerprint density at radius 1 is 1.11 bits per heavy atom. The van der Waals surface area contributed by atoms with Crippen molar-refractivity contribution in [1.82, 2.24) is 10.2 Å². The van der Waals surface area contributed by atoms with Crippen LogP contribution >= 0.6 is 11.8 Å². The molecule has 1 amide bonds. The summed E-state index contributed by atoms with van der Waals surface area (Å²) in [5.41, 5.74) is 1.48. The minimum Gasteiger partial charge on any atom is -0.497 e.